The minimum absolute atomic E-state index is 0.0409. The maximum absolute atomic E-state index is 14.0. The number of Topliss-reactive ketones (excluding diaryl/α,β-unsaturated/α-hetero) is 1. The van der Waals surface area contributed by atoms with Crippen LogP contribution >= 0.6 is 0 Å². The molecule has 43 heavy (non-hydrogen) atoms. The third kappa shape index (κ3) is 6.33. The van der Waals surface area contributed by atoms with Crippen molar-refractivity contribution in [1.82, 2.24) is 20.2 Å². The molecule has 11 nitrogen and oxygen atoms in total. The monoisotopic (exact) mass is 598 g/mol. The van der Waals surface area contributed by atoms with E-state index in [2.05, 4.69) is 20.0 Å². The molecule has 2 aromatic carbocycles. The minimum atomic E-state index is -4.82. The fourth-order valence-electron chi connectivity index (χ4n) is 4.63. The van der Waals surface area contributed by atoms with Crippen LogP contribution in [0.25, 0.3) is 34.3 Å². The molecule has 1 aliphatic rings. The maximum Gasteiger partial charge on any atom is 0.422 e. The van der Waals surface area contributed by atoms with Gasteiger partial charge in [-0.15, -0.1) is 0 Å². The summed E-state index contributed by atoms with van der Waals surface area (Å²) < 4.78 is 56.6. The lowest BCUT2D eigenvalue weighted by atomic mass is 9.98. The Morgan fingerprint density at radius 2 is 1.70 bits per heavy atom. The number of aliphatic hydroxyl groups excluding tert-OH is 1. The van der Waals surface area contributed by atoms with Gasteiger partial charge < -0.3 is 23.8 Å². The van der Waals surface area contributed by atoms with Gasteiger partial charge in [-0.2, -0.15) is 18.2 Å². The van der Waals surface area contributed by atoms with E-state index in [1.807, 2.05) is 0 Å². The lowest BCUT2D eigenvalue weighted by Gasteiger charge is -2.37. The van der Waals surface area contributed by atoms with E-state index in [4.69, 9.17) is 9.05 Å². The number of benzene rings is 2. The molecule has 1 atom stereocenters. The number of amides is 1. The Hall–Kier alpha value is -4.85. The molecular weight excluding hydrogens is 573 g/mol. The van der Waals surface area contributed by atoms with Gasteiger partial charge in [0, 0.05) is 37.1 Å². The number of likely N-dealkylation sites (tertiary alicyclic amines) is 1. The zero-order chi connectivity index (χ0) is 30.7. The molecular formula is C29H25F3N4O7. The molecule has 0 saturated carbocycles. The lowest BCUT2D eigenvalue weighted by Crippen LogP contribution is -2.53. The highest BCUT2D eigenvalue weighted by molar-refractivity contribution is 5.85. The third-order valence-corrected chi connectivity index (χ3v) is 7.02. The summed E-state index contributed by atoms with van der Waals surface area (Å²) in [6.07, 6.45) is -5.99. The fraction of sp³-hybridized carbons (Fsp3) is 0.310. The molecule has 0 spiro atoms. The molecule has 3 heterocycles. The number of rotatable bonds is 10. The predicted octanol–water partition coefficient (Wildman–Crippen LogP) is 4.48. The van der Waals surface area contributed by atoms with Crippen LogP contribution in [0.1, 0.15) is 36.5 Å². The first kappa shape index (κ1) is 29.6. The first-order valence-electron chi connectivity index (χ1n) is 13.2. The van der Waals surface area contributed by atoms with E-state index < -0.39 is 41.0 Å². The highest BCUT2D eigenvalue weighted by Crippen LogP contribution is 2.43. The van der Waals surface area contributed by atoms with Gasteiger partial charge in [0.15, 0.2) is 5.78 Å². The normalized spacial score (nSPS) is 14.3. The molecule has 14 heteroatoms. The van der Waals surface area contributed by atoms with Gasteiger partial charge >= 0.3 is 12.1 Å². The van der Waals surface area contributed by atoms with Crippen LogP contribution in [0, 0.1) is 5.92 Å². The molecule has 1 unspecified atom stereocenters. The summed E-state index contributed by atoms with van der Waals surface area (Å²) in [5, 5.41) is 17.8. The van der Waals surface area contributed by atoms with E-state index in [-0.39, 0.29) is 67.1 Å². The molecule has 2 aromatic heterocycles. The number of methoxy groups -OCH3 is 1. The Kier molecular flexibility index (Phi) is 8.39. The topological polar surface area (TPSA) is 149 Å². The van der Waals surface area contributed by atoms with Gasteiger partial charge in [0.1, 0.15) is 17.4 Å². The number of carbonyl (C=O) groups excluding carboxylic acids is 3. The number of esters is 1. The first-order valence-corrected chi connectivity index (χ1v) is 13.2. The van der Waals surface area contributed by atoms with Crippen LogP contribution in [-0.2, 0) is 25.3 Å². The van der Waals surface area contributed by atoms with Gasteiger partial charge in [-0.05, 0) is 12.0 Å². The van der Waals surface area contributed by atoms with Crippen molar-refractivity contribution in [2.45, 2.75) is 31.5 Å². The molecule has 224 valence electrons. The van der Waals surface area contributed by atoms with Gasteiger partial charge in [0.25, 0.3) is 5.89 Å². The Morgan fingerprint density at radius 1 is 1.00 bits per heavy atom. The Labute approximate surface area is 242 Å². The smallest absolute Gasteiger partial charge is 0.422 e. The average molecular weight is 599 g/mol. The van der Waals surface area contributed by atoms with Gasteiger partial charge in [-0.3, -0.25) is 14.4 Å². The fourth-order valence-corrected chi connectivity index (χ4v) is 4.63. The van der Waals surface area contributed by atoms with Gasteiger partial charge in [-0.25, -0.2) is 0 Å². The second-order valence-corrected chi connectivity index (χ2v) is 9.89. The number of aliphatic hydroxyl groups is 1. The number of alkyl halides is 3. The van der Waals surface area contributed by atoms with Crippen LogP contribution in [-0.4, -0.2) is 63.2 Å². The van der Waals surface area contributed by atoms with E-state index in [0.29, 0.717) is 5.56 Å². The molecule has 1 saturated heterocycles. The van der Waals surface area contributed by atoms with Gasteiger partial charge in [-0.1, -0.05) is 64.9 Å². The number of carbonyl (C=O) groups is 3. The van der Waals surface area contributed by atoms with Crippen molar-refractivity contribution < 1.29 is 46.4 Å². The van der Waals surface area contributed by atoms with Crippen molar-refractivity contribution in [3.63, 3.8) is 0 Å². The van der Waals surface area contributed by atoms with Crippen molar-refractivity contribution in [3.05, 3.63) is 65.7 Å². The van der Waals surface area contributed by atoms with Crippen LogP contribution in [0.3, 0.4) is 0 Å². The van der Waals surface area contributed by atoms with Crippen LogP contribution in [0.2, 0.25) is 0 Å². The lowest BCUT2D eigenvalue weighted by molar-refractivity contribution is -0.155. The maximum atomic E-state index is 14.0. The minimum Gasteiger partial charge on any atom is -0.469 e. The second-order valence-electron chi connectivity index (χ2n) is 9.89. The summed E-state index contributed by atoms with van der Waals surface area (Å²) in [5.74, 6) is -2.66. The molecule has 5 rings (SSSR count). The van der Waals surface area contributed by atoms with E-state index >= 15 is 0 Å². The predicted molar refractivity (Wildman–Crippen MR) is 142 cm³/mol. The van der Waals surface area contributed by atoms with Gasteiger partial charge in [0.2, 0.25) is 17.5 Å². The summed E-state index contributed by atoms with van der Waals surface area (Å²) in [7, 11) is 1.29. The molecule has 1 aliphatic heterocycles. The van der Waals surface area contributed by atoms with E-state index in [1.54, 1.807) is 18.2 Å². The number of halogens is 3. The number of hydrogen-bond donors (Lipinski definition) is 1. The van der Waals surface area contributed by atoms with Crippen molar-refractivity contribution in [1.29, 1.82) is 0 Å². The van der Waals surface area contributed by atoms with E-state index in [9.17, 15) is 32.7 Å². The average Bonchev–Trinajstić information content (AvgIpc) is 3.64. The van der Waals surface area contributed by atoms with Crippen molar-refractivity contribution in [2.75, 3.05) is 20.2 Å². The number of ether oxygens (including phenoxy) is 1. The van der Waals surface area contributed by atoms with Crippen LogP contribution in [0.4, 0.5) is 13.2 Å². The second kappa shape index (κ2) is 12.2. The van der Waals surface area contributed by atoms with Crippen LogP contribution in [0.15, 0.2) is 63.6 Å². The molecule has 0 aliphatic carbocycles. The van der Waals surface area contributed by atoms with Crippen LogP contribution in [0.5, 0.6) is 0 Å². The standard InChI is InChI=1S/C29H25F3N4O7/c1-41-28(40)19-14-36(15-19)21(38)9-5-8-20(37)24(39)17-10-12-18(13-11-17)26-33-27(43-35-26)25-22(29(30,31)32)23(34-42-25)16-6-3-2-4-7-16/h2-4,6-7,10-13,19,24,39H,5,8-9,14-15H2,1H3. The highest BCUT2D eigenvalue weighted by atomic mass is 19.4. The van der Waals surface area contributed by atoms with Crippen molar-refractivity contribution in [2.24, 2.45) is 5.92 Å². The van der Waals surface area contributed by atoms with Crippen molar-refractivity contribution in [3.8, 4) is 34.3 Å². The zero-order valence-corrected chi connectivity index (χ0v) is 22.7. The number of aromatic nitrogens is 3. The number of nitrogens with zero attached hydrogens (tertiary/aromatic N) is 4. The molecule has 1 N–H and O–H groups in total. The van der Waals surface area contributed by atoms with Gasteiger partial charge in [0.05, 0.1) is 13.0 Å². The summed E-state index contributed by atoms with van der Waals surface area (Å²) in [6, 6.07) is 13.6. The van der Waals surface area contributed by atoms with Crippen molar-refractivity contribution >= 4 is 17.7 Å². The summed E-state index contributed by atoms with van der Waals surface area (Å²) in [6.45, 7) is 0.569. The summed E-state index contributed by atoms with van der Waals surface area (Å²) >= 11 is 0. The molecule has 0 bridgehead atoms. The number of hydrogen-bond acceptors (Lipinski definition) is 10. The summed E-state index contributed by atoms with van der Waals surface area (Å²) in [5.41, 5.74) is -0.745. The van der Waals surface area contributed by atoms with E-state index in [1.165, 1.54) is 48.4 Å². The molecule has 4 aromatic rings. The summed E-state index contributed by atoms with van der Waals surface area (Å²) in [4.78, 5) is 41.7. The third-order valence-electron chi connectivity index (χ3n) is 7.02. The quantitative estimate of drug-likeness (QED) is 0.259. The molecule has 0 radical (unpaired) electrons. The largest absolute Gasteiger partial charge is 0.469 e. The highest BCUT2D eigenvalue weighted by Gasteiger charge is 2.43. The van der Waals surface area contributed by atoms with E-state index in [0.717, 1.165) is 0 Å². The Bertz CT molecular complexity index is 1610. The SMILES string of the molecule is COC(=O)C1CN(C(=O)CCCC(=O)C(O)c2ccc(-c3noc(-c4onc(-c5ccccc5)c4C(F)(F)F)n3)cc2)C1. The number of ketones is 1. The van der Waals surface area contributed by atoms with Crippen LogP contribution < -0.4 is 0 Å². The first-order chi connectivity index (χ1) is 20.6. The Balaban J connectivity index is 1.20. The Morgan fingerprint density at radius 3 is 2.35 bits per heavy atom. The zero-order valence-electron chi connectivity index (χ0n) is 22.7. The molecule has 1 fully saturated rings. The molecule has 1 amide bonds.